The number of hydrogen-bond donors (Lipinski definition) is 0. The summed E-state index contributed by atoms with van der Waals surface area (Å²) in [5.74, 6) is 0.846. The van der Waals surface area contributed by atoms with Crippen LogP contribution in [0, 0.1) is 0 Å². The van der Waals surface area contributed by atoms with Gasteiger partial charge in [0.05, 0.1) is 0 Å². The molecule has 0 spiro atoms. The van der Waals surface area contributed by atoms with Crippen LogP contribution >= 0.6 is 0 Å². The van der Waals surface area contributed by atoms with Gasteiger partial charge in [0.1, 0.15) is 5.82 Å². The summed E-state index contributed by atoms with van der Waals surface area (Å²) in [5, 5.41) is 0. The molecule has 0 aliphatic heterocycles. The Kier molecular flexibility index (Phi) is 1.78. The minimum absolute atomic E-state index is 0.301. The van der Waals surface area contributed by atoms with Gasteiger partial charge in [0.15, 0.2) is 0 Å². The third kappa shape index (κ3) is 1.81. The summed E-state index contributed by atoms with van der Waals surface area (Å²) < 4.78 is 36.4. The van der Waals surface area contributed by atoms with Crippen LogP contribution in [0.1, 0.15) is 24.6 Å². The molecule has 0 radical (unpaired) electrons. The van der Waals surface area contributed by atoms with Crippen LogP contribution in [0.4, 0.5) is 12.9 Å². The smallest absolute Gasteiger partial charge is 0.445 e. The van der Waals surface area contributed by atoms with Crippen LogP contribution in [0.3, 0.4) is 0 Å². The van der Waals surface area contributed by atoms with Crippen molar-refractivity contribution in [3.63, 3.8) is 0 Å². The van der Waals surface area contributed by atoms with Gasteiger partial charge >= 0.3 is 6.98 Å². The molecule has 0 bridgehead atoms. The van der Waals surface area contributed by atoms with Crippen LogP contribution in [-0.2, 0) is 0 Å². The molecule has 0 aromatic carbocycles. The molecular weight excluding hydrogens is 180 g/mol. The van der Waals surface area contributed by atoms with Crippen molar-refractivity contribution in [1.82, 2.24) is 9.97 Å². The Morgan fingerprint density at radius 1 is 1.15 bits per heavy atom. The maximum Gasteiger partial charge on any atom is 0.512 e. The van der Waals surface area contributed by atoms with Crippen molar-refractivity contribution in [2.45, 2.75) is 18.8 Å². The van der Waals surface area contributed by atoms with E-state index in [0.29, 0.717) is 11.7 Å². The number of nitrogens with zero attached hydrogens (tertiary/aromatic N) is 2. The summed E-state index contributed by atoms with van der Waals surface area (Å²) >= 11 is 0. The van der Waals surface area contributed by atoms with Gasteiger partial charge in [-0.25, -0.2) is 9.97 Å². The molecule has 0 amide bonds. The van der Waals surface area contributed by atoms with Crippen molar-refractivity contribution in [1.29, 1.82) is 0 Å². The van der Waals surface area contributed by atoms with Gasteiger partial charge in [0.25, 0.3) is 0 Å². The van der Waals surface area contributed by atoms with E-state index >= 15 is 0 Å². The normalized spacial score (nSPS) is 17.5. The summed E-state index contributed by atoms with van der Waals surface area (Å²) in [6, 6.07) is 0. The number of hydrogen-bond acceptors (Lipinski definition) is 2. The van der Waals surface area contributed by atoms with Crippen molar-refractivity contribution in [2.24, 2.45) is 0 Å². The molecule has 6 heteroatoms. The van der Waals surface area contributed by atoms with E-state index in [1.807, 2.05) is 0 Å². The van der Waals surface area contributed by atoms with E-state index in [0.717, 1.165) is 25.2 Å². The van der Waals surface area contributed by atoms with Gasteiger partial charge in [-0.1, -0.05) is 5.46 Å². The van der Waals surface area contributed by atoms with Crippen molar-refractivity contribution in [3.05, 3.63) is 18.2 Å². The molecule has 1 aromatic heterocycles. The summed E-state index contributed by atoms with van der Waals surface area (Å²) in [4.78, 5) is 7.38. The predicted molar refractivity (Wildman–Crippen MR) is 42.7 cm³/mol. The Labute approximate surface area is 73.3 Å². The summed E-state index contributed by atoms with van der Waals surface area (Å²) in [5.41, 5.74) is -0.718. The van der Waals surface area contributed by atoms with E-state index in [1.54, 1.807) is 0 Å². The fourth-order valence-electron chi connectivity index (χ4n) is 1.07. The Bertz CT molecular complexity index is 305. The highest BCUT2D eigenvalue weighted by atomic mass is 19.4. The van der Waals surface area contributed by atoms with Gasteiger partial charge in [-0.05, 0) is 12.8 Å². The lowest BCUT2D eigenvalue weighted by Gasteiger charge is -2.13. The van der Waals surface area contributed by atoms with Gasteiger partial charge in [-0.15, -0.1) is 0 Å². The first kappa shape index (κ1) is 8.53. The second kappa shape index (κ2) is 2.72. The molecule has 2 nitrogen and oxygen atoms in total. The lowest BCUT2D eigenvalue weighted by molar-refractivity contribution is 0.500. The molecule has 13 heavy (non-hydrogen) atoms. The Morgan fingerprint density at radius 3 is 2.08 bits per heavy atom. The van der Waals surface area contributed by atoms with Crippen LogP contribution in [0.15, 0.2) is 12.4 Å². The molecule has 0 atom stereocenters. The van der Waals surface area contributed by atoms with E-state index in [-0.39, 0.29) is 0 Å². The quantitative estimate of drug-likeness (QED) is 0.654. The second-order valence-corrected chi connectivity index (χ2v) is 3.22. The van der Waals surface area contributed by atoms with Crippen molar-refractivity contribution in [3.8, 4) is 0 Å². The maximum atomic E-state index is 12.1. The van der Waals surface area contributed by atoms with Gasteiger partial charge in [0.2, 0.25) is 0 Å². The van der Waals surface area contributed by atoms with E-state index in [1.165, 1.54) is 0 Å². The Morgan fingerprint density at radius 2 is 1.69 bits per heavy atom. The molecule has 0 saturated heterocycles. The molecule has 2 rings (SSSR count). The van der Waals surface area contributed by atoms with E-state index in [9.17, 15) is 12.9 Å². The Balaban J connectivity index is 2.22. The highest BCUT2D eigenvalue weighted by Gasteiger charge is 2.29. The van der Waals surface area contributed by atoms with Crippen LogP contribution < -0.4 is 5.46 Å². The maximum absolute atomic E-state index is 12.1. The number of aromatic nitrogens is 2. The van der Waals surface area contributed by atoms with Crippen LogP contribution in [-0.4, -0.2) is 16.9 Å². The minimum Gasteiger partial charge on any atom is -0.445 e. The van der Waals surface area contributed by atoms with Gasteiger partial charge in [0, 0.05) is 18.3 Å². The molecular formula is C7H7BF3N2-. The van der Waals surface area contributed by atoms with Crippen LogP contribution in [0.25, 0.3) is 0 Å². The van der Waals surface area contributed by atoms with E-state index in [2.05, 4.69) is 9.97 Å². The molecule has 1 fully saturated rings. The van der Waals surface area contributed by atoms with Crippen molar-refractivity contribution in [2.75, 3.05) is 0 Å². The average molecular weight is 187 g/mol. The first-order valence-electron chi connectivity index (χ1n) is 4.09. The zero-order valence-corrected chi connectivity index (χ0v) is 6.75. The third-order valence-corrected chi connectivity index (χ3v) is 2.01. The van der Waals surface area contributed by atoms with Crippen molar-refractivity contribution >= 4 is 12.4 Å². The highest BCUT2D eigenvalue weighted by molar-refractivity contribution is 6.73. The zero-order chi connectivity index (χ0) is 9.47. The summed E-state index contributed by atoms with van der Waals surface area (Å²) in [7, 11) is 0. The fraction of sp³-hybridized carbons (Fsp3) is 0.429. The molecule has 1 aromatic rings. The molecule has 1 aliphatic rings. The summed E-state index contributed by atoms with van der Waals surface area (Å²) in [6.45, 7) is -4.95. The Hall–Kier alpha value is -1.07. The fourth-order valence-corrected chi connectivity index (χ4v) is 1.07. The third-order valence-electron chi connectivity index (χ3n) is 2.01. The first-order valence-corrected chi connectivity index (χ1v) is 4.09. The van der Waals surface area contributed by atoms with E-state index in [4.69, 9.17) is 0 Å². The van der Waals surface area contributed by atoms with Crippen molar-refractivity contribution < 1.29 is 12.9 Å². The molecule has 1 heterocycles. The summed E-state index contributed by atoms with van der Waals surface area (Å²) in [6.07, 6.45) is 3.74. The number of rotatable bonds is 2. The zero-order valence-electron chi connectivity index (χ0n) is 6.75. The molecule has 1 saturated carbocycles. The molecule has 0 unspecified atom stereocenters. The molecule has 1 aliphatic carbocycles. The van der Waals surface area contributed by atoms with Gasteiger partial charge in [-0.3, -0.25) is 0 Å². The average Bonchev–Trinajstić information content (AvgIpc) is 2.85. The van der Waals surface area contributed by atoms with Crippen LogP contribution in [0.5, 0.6) is 0 Å². The molecule has 0 N–H and O–H groups in total. The predicted octanol–water partition coefficient (Wildman–Crippen LogP) is 1.41. The highest BCUT2D eigenvalue weighted by Crippen LogP contribution is 2.37. The van der Waals surface area contributed by atoms with Gasteiger partial charge in [-0.2, -0.15) is 0 Å². The number of halogens is 3. The minimum atomic E-state index is -4.95. The first-order chi connectivity index (χ1) is 6.07. The topological polar surface area (TPSA) is 25.8 Å². The standard InChI is InChI=1S/C7H7BF3N2/c9-8(10,11)6-3-12-7(13-4-6)5-1-2-5/h3-5H,1-2H2/q-1. The lowest BCUT2D eigenvalue weighted by Crippen LogP contribution is -2.34. The molecule has 70 valence electrons. The second-order valence-electron chi connectivity index (χ2n) is 3.22. The van der Waals surface area contributed by atoms with E-state index < -0.39 is 12.4 Å². The van der Waals surface area contributed by atoms with Gasteiger partial charge < -0.3 is 12.9 Å². The largest absolute Gasteiger partial charge is 0.512 e. The monoisotopic (exact) mass is 187 g/mol. The SMILES string of the molecule is F[B-](F)(F)c1cnc(C2CC2)nc1. The van der Waals surface area contributed by atoms with Crippen LogP contribution in [0.2, 0.25) is 0 Å². The lowest BCUT2D eigenvalue weighted by atomic mass is 9.83.